The summed E-state index contributed by atoms with van der Waals surface area (Å²) in [5.74, 6) is -0.186. The third-order valence-corrected chi connectivity index (χ3v) is 6.37. The van der Waals surface area contributed by atoms with Crippen LogP contribution in [0, 0.1) is 11.7 Å². The van der Waals surface area contributed by atoms with E-state index in [-0.39, 0.29) is 18.8 Å². The number of benzene rings is 1. The van der Waals surface area contributed by atoms with Gasteiger partial charge in [0.15, 0.2) is 5.17 Å². The normalized spacial score (nSPS) is 28.3. The highest BCUT2D eigenvalue weighted by molar-refractivity contribution is 8.13. The summed E-state index contributed by atoms with van der Waals surface area (Å²) >= 11 is 1.29. The molecule has 0 radical (unpaired) electrons. The first-order valence-electron chi connectivity index (χ1n) is 9.00. The standard InChI is InChI=1S/C19H25F2N3O2S/c1-18(2,3)24(17(25)26)16-23-19(14-9-13(22)4-5-15(14)21)7-6-12(20)8-11(19)10-27-16/h4-5,9,11-12H,6-8,10,22H2,1-3H3,(H,25,26)/t11-,12-,19-/m0/s1. The third-order valence-electron chi connectivity index (χ3n) is 5.27. The molecule has 148 valence electrons. The lowest BCUT2D eigenvalue weighted by atomic mass is 9.69. The number of amidine groups is 1. The lowest BCUT2D eigenvalue weighted by molar-refractivity contribution is 0.117. The molecule has 1 aromatic carbocycles. The molecule has 1 saturated carbocycles. The van der Waals surface area contributed by atoms with Crippen LogP contribution in [0.5, 0.6) is 0 Å². The van der Waals surface area contributed by atoms with Crippen molar-refractivity contribution in [3.63, 3.8) is 0 Å². The molecule has 1 heterocycles. The first kappa shape index (κ1) is 19.9. The number of rotatable bonds is 1. The minimum atomic E-state index is -1.12. The first-order chi connectivity index (χ1) is 12.5. The van der Waals surface area contributed by atoms with Gasteiger partial charge in [-0.05, 0) is 58.2 Å². The van der Waals surface area contributed by atoms with Crippen molar-refractivity contribution < 1.29 is 18.7 Å². The molecule has 3 rings (SSSR count). The fourth-order valence-electron chi connectivity index (χ4n) is 3.99. The summed E-state index contributed by atoms with van der Waals surface area (Å²) in [4.78, 5) is 17.9. The number of halogens is 2. The Labute approximate surface area is 162 Å². The van der Waals surface area contributed by atoms with Crippen molar-refractivity contribution in [2.75, 3.05) is 11.5 Å². The van der Waals surface area contributed by atoms with Gasteiger partial charge < -0.3 is 10.8 Å². The lowest BCUT2D eigenvalue weighted by Crippen LogP contribution is -2.52. The van der Waals surface area contributed by atoms with Crippen molar-refractivity contribution in [3.05, 3.63) is 29.6 Å². The van der Waals surface area contributed by atoms with E-state index in [0.29, 0.717) is 28.6 Å². The average Bonchev–Trinajstić information content (AvgIpc) is 2.55. The van der Waals surface area contributed by atoms with Gasteiger partial charge in [0.2, 0.25) is 0 Å². The average molecular weight is 397 g/mol. The molecule has 1 aliphatic heterocycles. The molecule has 3 atom stereocenters. The van der Waals surface area contributed by atoms with E-state index in [1.165, 1.54) is 28.8 Å². The maximum absolute atomic E-state index is 14.8. The molecule has 1 aromatic rings. The third kappa shape index (κ3) is 3.63. The Bertz CT molecular complexity index is 781. The SMILES string of the molecule is CC(C)(C)N(C(=O)O)C1=N[C@@]2(c3cc(N)ccc3F)CC[C@H](F)C[C@H]2CS1. The highest BCUT2D eigenvalue weighted by atomic mass is 32.2. The summed E-state index contributed by atoms with van der Waals surface area (Å²) in [5.41, 5.74) is 4.92. The molecule has 1 aliphatic carbocycles. The zero-order chi connectivity index (χ0) is 20.0. The van der Waals surface area contributed by atoms with Gasteiger partial charge in [-0.2, -0.15) is 0 Å². The van der Waals surface area contributed by atoms with Crippen LogP contribution in [0.15, 0.2) is 23.2 Å². The minimum absolute atomic E-state index is 0.220. The number of fused-ring (bicyclic) bond motifs is 1. The largest absolute Gasteiger partial charge is 0.465 e. The molecule has 2 aliphatic rings. The highest BCUT2D eigenvalue weighted by Gasteiger charge is 2.50. The van der Waals surface area contributed by atoms with Crippen LogP contribution in [0.4, 0.5) is 19.3 Å². The van der Waals surface area contributed by atoms with Crippen LogP contribution >= 0.6 is 11.8 Å². The number of carboxylic acid groups (broad SMARTS) is 1. The van der Waals surface area contributed by atoms with E-state index in [1.54, 1.807) is 26.8 Å². The molecule has 0 saturated heterocycles. The number of alkyl halides is 1. The van der Waals surface area contributed by atoms with E-state index < -0.39 is 29.2 Å². The van der Waals surface area contributed by atoms with Crippen molar-refractivity contribution in [3.8, 4) is 0 Å². The number of anilines is 1. The lowest BCUT2D eigenvalue weighted by Gasteiger charge is -2.47. The molecule has 3 N–H and O–H groups in total. The van der Waals surface area contributed by atoms with Crippen LogP contribution in [0.2, 0.25) is 0 Å². The maximum Gasteiger partial charge on any atom is 0.413 e. The van der Waals surface area contributed by atoms with E-state index in [1.807, 2.05) is 0 Å². The van der Waals surface area contributed by atoms with Crippen LogP contribution in [0.25, 0.3) is 0 Å². The second kappa shape index (κ2) is 6.96. The summed E-state index contributed by atoms with van der Waals surface area (Å²) in [6, 6.07) is 4.33. The van der Waals surface area contributed by atoms with E-state index >= 15 is 0 Å². The van der Waals surface area contributed by atoms with E-state index in [0.717, 1.165) is 0 Å². The molecule has 1 fully saturated rings. The number of nitrogens with two attached hydrogens (primary N) is 1. The van der Waals surface area contributed by atoms with Crippen LogP contribution in [0.1, 0.15) is 45.6 Å². The Kier molecular flexibility index (Phi) is 5.14. The van der Waals surface area contributed by atoms with Gasteiger partial charge in [0.25, 0.3) is 0 Å². The van der Waals surface area contributed by atoms with E-state index in [2.05, 4.69) is 0 Å². The zero-order valence-corrected chi connectivity index (χ0v) is 16.5. The van der Waals surface area contributed by atoms with Gasteiger partial charge in [-0.3, -0.25) is 9.89 Å². The number of nitrogen functional groups attached to an aromatic ring is 1. The molecular weight excluding hydrogens is 372 g/mol. The Morgan fingerprint density at radius 3 is 2.78 bits per heavy atom. The number of aliphatic imine (C=N–C) groups is 1. The van der Waals surface area contributed by atoms with Gasteiger partial charge in [0.05, 0.1) is 5.54 Å². The van der Waals surface area contributed by atoms with E-state index in [4.69, 9.17) is 10.7 Å². The van der Waals surface area contributed by atoms with Gasteiger partial charge in [0, 0.05) is 28.5 Å². The number of hydrogen-bond acceptors (Lipinski definition) is 4. The topological polar surface area (TPSA) is 78.9 Å². The number of hydrogen-bond donors (Lipinski definition) is 2. The predicted octanol–water partition coefficient (Wildman–Crippen LogP) is 4.62. The Morgan fingerprint density at radius 1 is 1.44 bits per heavy atom. The van der Waals surface area contributed by atoms with Crippen molar-refractivity contribution in [2.24, 2.45) is 10.9 Å². The molecule has 0 bridgehead atoms. The Hall–Kier alpha value is -1.83. The van der Waals surface area contributed by atoms with Crippen LogP contribution in [-0.2, 0) is 5.54 Å². The van der Waals surface area contributed by atoms with Crippen molar-refractivity contribution >= 4 is 28.7 Å². The van der Waals surface area contributed by atoms with Gasteiger partial charge >= 0.3 is 6.09 Å². The van der Waals surface area contributed by atoms with Crippen molar-refractivity contribution in [1.29, 1.82) is 0 Å². The summed E-state index contributed by atoms with van der Waals surface area (Å²) < 4.78 is 28.9. The van der Waals surface area contributed by atoms with Gasteiger partial charge in [-0.1, -0.05) is 11.8 Å². The van der Waals surface area contributed by atoms with Crippen molar-refractivity contribution in [2.45, 2.75) is 57.3 Å². The monoisotopic (exact) mass is 397 g/mol. The van der Waals surface area contributed by atoms with Crippen LogP contribution in [0.3, 0.4) is 0 Å². The Balaban J connectivity index is 2.18. The minimum Gasteiger partial charge on any atom is -0.465 e. The second-order valence-electron chi connectivity index (χ2n) is 8.23. The molecule has 0 aromatic heterocycles. The van der Waals surface area contributed by atoms with E-state index in [9.17, 15) is 18.7 Å². The fourth-order valence-corrected chi connectivity index (χ4v) is 5.46. The summed E-state index contributed by atoms with van der Waals surface area (Å²) in [7, 11) is 0. The molecular formula is C19H25F2N3O2S. The van der Waals surface area contributed by atoms with Crippen LogP contribution < -0.4 is 5.73 Å². The number of thioether (sulfide) groups is 1. The molecule has 5 nitrogen and oxygen atoms in total. The highest BCUT2D eigenvalue weighted by Crippen LogP contribution is 2.51. The fraction of sp³-hybridized carbons (Fsp3) is 0.579. The molecule has 1 amide bonds. The molecule has 8 heteroatoms. The van der Waals surface area contributed by atoms with Gasteiger partial charge in [-0.25, -0.2) is 13.6 Å². The van der Waals surface area contributed by atoms with Crippen molar-refractivity contribution in [1.82, 2.24) is 4.90 Å². The van der Waals surface area contributed by atoms with Crippen LogP contribution in [-0.4, -0.2) is 38.7 Å². The quantitative estimate of drug-likeness (QED) is 0.678. The van der Waals surface area contributed by atoms with Gasteiger partial charge in [-0.15, -0.1) is 0 Å². The predicted molar refractivity (Wildman–Crippen MR) is 104 cm³/mol. The molecule has 27 heavy (non-hydrogen) atoms. The number of amides is 1. The summed E-state index contributed by atoms with van der Waals surface area (Å²) in [6.07, 6.45) is -1.21. The summed E-state index contributed by atoms with van der Waals surface area (Å²) in [5, 5.41) is 10.1. The number of carbonyl (C=O) groups is 1. The smallest absolute Gasteiger partial charge is 0.413 e. The first-order valence-corrected chi connectivity index (χ1v) is 9.98. The van der Waals surface area contributed by atoms with Gasteiger partial charge in [0.1, 0.15) is 12.0 Å². The Morgan fingerprint density at radius 2 is 2.15 bits per heavy atom. The zero-order valence-electron chi connectivity index (χ0n) is 15.7. The molecule has 0 spiro atoms. The maximum atomic E-state index is 14.8. The molecule has 0 unspecified atom stereocenters. The second-order valence-corrected chi connectivity index (χ2v) is 9.21. The summed E-state index contributed by atoms with van der Waals surface area (Å²) in [6.45, 7) is 5.34. The number of nitrogens with zero attached hydrogens (tertiary/aromatic N) is 2.